The van der Waals surface area contributed by atoms with Gasteiger partial charge in [-0.05, 0) is 44.3 Å². The topological polar surface area (TPSA) is 84.2 Å². The normalized spacial score (nSPS) is 9.39. The number of nitrogens with one attached hydrogen (secondary N) is 2. The molecule has 0 saturated carbocycles. The largest absolute Gasteiger partial charge is 0.366 e. The summed E-state index contributed by atoms with van der Waals surface area (Å²) in [5, 5.41) is 5.72. The minimum absolute atomic E-state index is 0. The molecule has 0 radical (unpaired) electrons. The number of halogens is 1. The summed E-state index contributed by atoms with van der Waals surface area (Å²) in [4.78, 5) is 22.3. The first-order valence-corrected chi connectivity index (χ1v) is 5.48. The van der Waals surface area contributed by atoms with Gasteiger partial charge in [0.25, 0.3) is 0 Å². The van der Waals surface area contributed by atoms with Crippen molar-refractivity contribution >= 4 is 29.9 Å². The molecule has 1 aromatic rings. The molecule has 0 spiro atoms. The first kappa shape index (κ1) is 16.4. The zero-order valence-corrected chi connectivity index (χ0v) is 11.0. The maximum Gasteiger partial charge on any atom is 0.248 e. The molecule has 0 aromatic heterocycles. The molecule has 4 N–H and O–H groups in total. The molecule has 1 aromatic carbocycles. The van der Waals surface area contributed by atoms with Gasteiger partial charge in [-0.3, -0.25) is 9.59 Å². The van der Waals surface area contributed by atoms with E-state index in [2.05, 4.69) is 10.6 Å². The van der Waals surface area contributed by atoms with Crippen molar-refractivity contribution in [3.05, 3.63) is 29.8 Å². The molecule has 1 rings (SSSR count). The maximum absolute atomic E-state index is 11.5. The third-order valence-corrected chi connectivity index (χ3v) is 2.28. The SMILES string of the molecule is CNCCCC(=O)Nc1ccc(C(N)=O)cc1.Cl. The van der Waals surface area contributed by atoms with E-state index in [0.29, 0.717) is 17.7 Å². The second-order valence-corrected chi connectivity index (χ2v) is 3.70. The molecular weight excluding hydrogens is 254 g/mol. The molecule has 0 aliphatic heterocycles. The Bertz CT molecular complexity index is 393. The number of primary amides is 1. The highest BCUT2D eigenvalue weighted by Crippen LogP contribution is 2.09. The van der Waals surface area contributed by atoms with Gasteiger partial charge in [0.05, 0.1) is 0 Å². The number of hydrogen-bond acceptors (Lipinski definition) is 3. The van der Waals surface area contributed by atoms with Crippen LogP contribution in [0.4, 0.5) is 5.69 Å². The number of hydrogen-bond donors (Lipinski definition) is 3. The van der Waals surface area contributed by atoms with Crippen LogP contribution in [0.2, 0.25) is 0 Å². The molecule has 0 aliphatic rings. The zero-order valence-electron chi connectivity index (χ0n) is 10.2. The van der Waals surface area contributed by atoms with Crippen LogP contribution in [0.1, 0.15) is 23.2 Å². The van der Waals surface area contributed by atoms with Crippen molar-refractivity contribution in [2.45, 2.75) is 12.8 Å². The van der Waals surface area contributed by atoms with E-state index in [9.17, 15) is 9.59 Å². The van der Waals surface area contributed by atoms with Crippen LogP contribution >= 0.6 is 12.4 Å². The second-order valence-electron chi connectivity index (χ2n) is 3.70. The molecule has 0 aliphatic carbocycles. The number of nitrogens with two attached hydrogens (primary N) is 1. The van der Waals surface area contributed by atoms with Gasteiger partial charge in [-0.25, -0.2) is 0 Å². The van der Waals surface area contributed by atoms with Crippen molar-refractivity contribution in [3.63, 3.8) is 0 Å². The van der Waals surface area contributed by atoms with Crippen LogP contribution in [0.15, 0.2) is 24.3 Å². The summed E-state index contributed by atoms with van der Waals surface area (Å²) in [6.45, 7) is 0.814. The Kier molecular flexibility index (Phi) is 7.74. The lowest BCUT2D eigenvalue weighted by molar-refractivity contribution is -0.116. The molecule has 5 nitrogen and oxygen atoms in total. The van der Waals surface area contributed by atoms with E-state index in [1.165, 1.54) is 0 Å². The second kappa shape index (κ2) is 8.49. The van der Waals surface area contributed by atoms with Crippen molar-refractivity contribution < 1.29 is 9.59 Å². The number of benzene rings is 1. The van der Waals surface area contributed by atoms with Crippen molar-refractivity contribution in [1.82, 2.24) is 5.32 Å². The van der Waals surface area contributed by atoms with Gasteiger partial charge in [-0.2, -0.15) is 0 Å². The van der Waals surface area contributed by atoms with Gasteiger partial charge in [0.15, 0.2) is 0 Å². The minimum Gasteiger partial charge on any atom is -0.366 e. The standard InChI is InChI=1S/C12H17N3O2.ClH/c1-14-8-2-3-11(16)15-10-6-4-9(5-7-10)12(13)17;/h4-7,14H,2-3,8H2,1H3,(H2,13,17)(H,15,16);1H. The van der Waals surface area contributed by atoms with Gasteiger partial charge >= 0.3 is 0 Å². The highest BCUT2D eigenvalue weighted by Gasteiger charge is 2.03. The Morgan fingerprint density at radius 3 is 2.33 bits per heavy atom. The van der Waals surface area contributed by atoms with Crippen molar-refractivity contribution in [2.75, 3.05) is 18.9 Å². The van der Waals surface area contributed by atoms with E-state index >= 15 is 0 Å². The van der Waals surface area contributed by atoms with Crippen LogP contribution < -0.4 is 16.4 Å². The van der Waals surface area contributed by atoms with E-state index in [4.69, 9.17) is 5.73 Å². The molecule has 2 amide bonds. The number of carbonyl (C=O) groups is 2. The minimum atomic E-state index is -0.475. The number of carbonyl (C=O) groups excluding carboxylic acids is 2. The highest BCUT2D eigenvalue weighted by molar-refractivity contribution is 5.94. The third kappa shape index (κ3) is 5.65. The Morgan fingerprint density at radius 2 is 1.83 bits per heavy atom. The first-order valence-electron chi connectivity index (χ1n) is 5.48. The molecular formula is C12H18ClN3O2. The maximum atomic E-state index is 11.5. The van der Waals surface area contributed by atoms with E-state index in [1.807, 2.05) is 7.05 Å². The Labute approximate surface area is 113 Å². The molecule has 6 heteroatoms. The van der Waals surface area contributed by atoms with Crippen LogP contribution in [0.3, 0.4) is 0 Å². The van der Waals surface area contributed by atoms with E-state index in [1.54, 1.807) is 24.3 Å². The van der Waals surface area contributed by atoms with Gasteiger partial charge in [-0.15, -0.1) is 12.4 Å². The average Bonchev–Trinajstić information content (AvgIpc) is 2.30. The van der Waals surface area contributed by atoms with Gasteiger partial charge in [0.1, 0.15) is 0 Å². The lowest BCUT2D eigenvalue weighted by Gasteiger charge is -2.05. The van der Waals surface area contributed by atoms with Crippen LogP contribution in [-0.4, -0.2) is 25.4 Å². The summed E-state index contributed by atoms with van der Waals surface area (Å²) < 4.78 is 0. The smallest absolute Gasteiger partial charge is 0.248 e. The van der Waals surface area contributed by atoms with Crippen LogP contribution in [-0.2, 0) is 4.79 Å². The number of anilines is 1. The summed E-state index contributed by atoms with van der Waals surface area (Å²) >= 11 is 0. The molecule has 0 bridgehead atoms. The monoisotopic (exact) mass is 271 g/mol. The lowest BCUT2D eigenvalue weighted by atomic mass is 10.2. The van der Waals surface area contributed by atoms with E-state index in [0.717, 1.165) is 13.0 Å². The van der Waals surface area contributed by atoms with Crippen molar-refractivity contribution in [3.8, 4) is 0 Å². The molecule has 0 atom stereocenters. The summed E-state index contributed by atoms with van der Waals surface area (Å²) in [6.07, 6.45) is 1.26. The quantitative estimate of drug-likeness (QED) is 0.679. The van der Waals surface area contributed by atoms with E-state index in [-0.39, 0.29) is 18.3 Å². The molecule has 18 heavy (non-hydrogen) atoms. The average molecular weight is 272 g/mol. The highest BCUT2D eigenvalue weighted by atomic mass is 35.5. The van der Waals surface area contributed by atoms with Gasteiger partial charge in [0.2, 0.25) is 11.8 Å². The fourth-order valence-corrected chi connectivity index (χ4v) is 1.37. The van der Waals surface area contributed by atoms with Crippen LogP contribution in [0, 0.1) is 0 Å². The third-order valence-electron chi connectivity index (χ3n) is 2.28. The Balaban J connectivity index is 0.00000289. The predicted octanol–water partition coefficient (Wildman–Crippen LogP) is 1.15. The van der Waals surface area contributed by atoms with Gasteiger partial charge in [0, 0.05) is 17.7 Å². The summed E-state index contributed by atoms with van der Waals surface area (Å²) in [5.41, 5.74) is 6.21. The summed E-state index contributed by atoms with van der Waals surface area (Å²) in [5.74, 6) is -0.510. The molecule has 0 fully saturated rings. The first-order chi connectivity index (χ1) is 8.13. The fourth-order valence-electron chi connectivity index (χ4n) is 1.37. The van der Waals surface area contributed by atoms with Gasteiger partial charge in [-0.1, -0.05) is 0 Å². The Hall–Kier alpha value is -1.59. The van der Waals surface area contributed by atoms with Crippen LogP contribution in [0.25, 0.3) is 0 Å². The van der Waals surface area contributed by atoms with Crippen molar-refractivity contribution in [2.24, 2.45) is 5.73 Å². The predicted molar refractivity (Wildman–Crippen MR) is 74.0 cm³/mol. The fraction of sp³-hybridized carbons (Fsp3) is 0.333. The molecule has 0 heterocycles. The molecule has 0 unspecified atom stereocenters. The van der Waals surface area contributed by atoms with Crippen molar-refractivity contribution in [1.29, 1.82) is 0 Å². The summed E-state index contributed by atoms with van der Waals surface area (Å²) in [7, 11) is 1.85. The summed E-state index contributed by atoms with van der Waals surface area (Å²) in [6, 6.07) is 6.50. The number of rotatable bonds is 6. The van der Waals surface area contributed by atoms with Gasteiger partial charge < -0.3 is 16.4 Å². The van der Waals surface area contributed by atoms with Crippen LogP contribution in [0.5, 0.6) is 0 Å². The Morgan fingerprint density at radius 1 is 1.22 bits per heavy atom. The van der Waals surface area contributed by atoms with E-state index < -0.39 is 5.91 Å². The lowest BCUT2D eigenvalue weighted by Crippen LogP contribution is -2.15. The molecule has 100 valence electrons. The zero-order chi connectivity index (χ0) is 12.7. The molecule has 0 saturated heterocycles. The number of amides is 2.